The van der Waals surface area contributed by atoms with Gasteiger partial charge in [-0.25, -0.2) is 0 Å². The largest absolute Gasteiger partial charge is 0.318 e. The lowest BCUT2D eigenvalue weighted by atomic mass is 9.85. The van der Waals surface area contributed by atoms with Crippen molar-refractivity contribution in [3.63, 3.8) is 0 Å². The van der Waals surface area contributed by atoms with Gasteiger partial charge in [-0.15, -0.1) is 0 Å². The van der Waals surface area contributed by atoms with Crippen molar-refractivity contribution in [2.75, 3.05) is 0 Å². The van der Waals surface area contributed by atoms with Crippen molar-refractivity contribution >= 4 is 0 Å². The van der Waals surface area contributed by atoms with Crippen molar-refractivity contribution in [1.82, 2.24) is 0 Å². The Balaban J connectivity index is 2.35. The molecule has 1 aromatic carbocycles. The lowest BCUT2D eigenvalue weighted by Gasteiger charge is -2.26. The van der Waals surface area contributed by atoms with Gasteiger partial charge in [0.25, 0.3) is 0 Å². The Morgan fingerprint density at radius 2 is 1.85 bits per heavy atom. The molecule has 2 rings (SSSR count). The molecule has 0 saturated heterocycles. The molecule has 0 fully saturated rings. The zero-order chi connectivity index (χ0) is 9.15. The van der Waals surface area contributed by atoms with Crippen LogP contribution in [0.25, 0.3) is 0 Å². The third-order valence-corrected chi connectivity index (χ3v) is 2.41. The highest BCUT2D eigenvalue weighted by Gasteiger charge is 2.23. The van der Waals surface area contributed by atoms with Gasteiger partial charge in [-0.05, 0) is 12.0 Å². The number of hydrogen-bond acceptors (Lipinski definition) is 1. The van der Waals surface area contributed by atoms with Crippen LogP contribution in [0.5, 0.6) is 0 Å². The highest BCUT2D eigenvalue weighted by Crippen LogP contribution is 2.26. The maximum Gasteiger partial charge on any atom is 0.0633 e. The summed E-state index contributed by atoms with van der Waals surface area (Å²) in [5.74, 6) is 0. The summed E-state index contributed by atoms with van der Waals surface area (Å²) in [6, 6.07) is 10.2. The van der Waals surface area contributed by atoms with Crippen molar-refractivity contribution in [3.8, 4) is 0 Å². The van der Waals surface area contributed by atoms with Gasteiger partial charge in [-0.2, -0.15) is 0 Å². The monoisotopic (exact) mass is 171 g/mol. The SMILES string of the molecule is N[C@@]1(c2ccccc2)C=CC=CC1. The lowest BCUT2D eigenvalue weighted by Crippen LogP contribution is -2.34. The summed E-state index contributed by atoms with van der Waals surface area (Å²) in [5.41, 5.74) is 7.12. The molecule has 1 atom stereocenters. The molecule has 1 aromatic rings. The molecule has 0 amide bonds. The second-order valence-electron chi connectivity index (χ2n) is 3.40. The van der Waals surface area contributed by atoms with E-state index in [4.69, 9.17) is 5.73 Å². The molecule has 66 valence electrons. The van der Waals surface area contributed by atoms with Crippen molar-refractivity contribution in [3.05, 3.63) is 60.2 Å². The maximum absolute atomic E-state index is 6.24. The van der Waals surface area contributed by atoms with Crippen LogP contribution in [0, 0.1) is 0 Å². The molecule has 0 saturated carbocycles. The first-order valence-corrected chi connectivity index (χ1v) is 4.50. The van der Waals surface area contributed by atoms with Gasteiger partial charge in [-0.1, -0.05) is 54.6 Å². The van der Waals surface area contributed by atoms with E-state index in [2.05, 4.69) is 24.3 Å². The van der Waals surface area contributed by atoms with Crippen LogP contribution in [0.15, 0.2) is 54.6 Å². The van der Waals surface area contributed by atoms with Gasteiger partial charge in [0.05, 0.1) is 5.54 Å². The molecule has 0 radical (unpaired) electrons. The topological polar surface area (TPSA) is 26.0 Å². The predicted octanol–water partition coefficient (Wildman–Crippen LogP) is 2.36. The molecule has 0 spiro atoms. The summed E-state index contributed by atoms with van der Waals surface area (Å²) in [6.07, 6.45) is 9.09. The minimum Gasteiger partial charge on any atom is -0.318 e. The van der Waals surface area contributed by atoms with Crippen molar-refractivity contribution < 1.29 is 0 Å². The summed E-state index contributed by atoms with van der Waals surface area (Å²) in [6.45, 7) is 0. The highest BCUT2D eigenvalue weighted by molar-refractivity contribution is 5.33. The van der Waals surface area contributed by atoms with Gasteiger partial charge in [0.1, 0.15) is 0 Å². The van der Waals surface area contributed by atoms with Gasteiger partial charge in [0.15, 0.2) is 0 Å². The predicted molar refractivity (Wildman–Crippen MR) is 55.2 cm³/mol. The van der Waals surface area contributed by atoms with E-state index in [9.17, 15) is 0 Å². The summed E-state index contributed by atoms with van der Waals surface area (Å²) in [4.78, 5) is 0. The van der Waals surface area contributed by atoms with Crippen molar-refractivity contribution in [2.24, 2.45) is 5.73 Å². The first-order chi connectivity index (χ1) is 6.31. The number of rotatable bonds is 1. The zero-order valence-corrected chi connectivity index (χ0v) is 7.48. The standard InChI is InChI=1S/C12H13N/c13-12(9-5-2-6-10-12)11-7-3-1-4-8-11/h1-9H,10,13H2/t12-/m0/s1. The van der Waals surface area contributed by atoms with Crippen molar-refractivity contribution in [2.45, 2.75) is 12.0 Å². The Morgan fingerprint density at radius 1 is 1.08 bits per heavy atom. The molecular formula is C12H13N. The third kappa shape index (κ3) is 1.56. The molecular weight excluding hydrogens is 158 g/mol. The van der Waals surface area contributed by atoms with Gasteiger partial charge < -0.3 is 5.73 Å². The third-order valence-electron chi connectivity index (χ3n) is 2.41. The molecule has 1 aliphatic carbocycles. The number of hydrogen-bond donors (Lipinski definition) is 1. The van der Waals surface area contributed by atoms with Crippen LogP contribution in [0.4, 0.5) is 0 Å². The van der Waals surface area contributed by atoms with E-state index >= 15 is 0 Å². The van der Waals surface area contributed by atoms with Gasteiger partial charge in [0.2, 0.25) is 0 Å². The van der Waals surface area contributed by atoms with Crippen LogP contribution >= 0.6 is 0 Å². The molecule has 1 heteroatoms. The number of benzene rings is 1. The molecule has 1 aliphatic rings. The minimum atomic E-state index is -0.296. The highest BCUT2D eigenvalue weighted by atomic mass is 14.7. The fraction of sp³-hybridized carbons (Fsp3) is 0.167. The number of nitrogens with two attached hydrogens (primary N) is 1. The van der Waals surface area contributed by atoms with Crippen LogP contribution < -0.4 is 5.73 Å². The number of allylic oxidation sites excluding steroid dienone is 2. The average molecular weight is 171 g/mol. The van der Waals surface area contributed by atoms with Crippen LogP contribution in [-0.4, -0.2) is 0 Å². The van der Waals surface area contributed by atoms with Crippen LogP contribution in [0.1, 0.15) is 12.0 Å². The van der Waals surface area contributed by atoms with E-state index in [0.717, 1.165) is 6.42 Å². The summed E-state index contributed by atoms with van der Waals surface area (Å²) in [5, 5.41) is 0. The van der Waals surface area contributed by atoms with E-state index in [1.807, 2.05) is 30.4 Å². The van der Waals surface area contributed by atoms with E-state index in [1.54, 1.807) is 0 Å². The summed E-state index contributed by atoms with van der Waals surface area (Å²) < 4.78 is 0. The summed E-state index contributed by atoms with van der Waals surface area (Å²) in [7, 11) is 0. The molecule has 2 N–H and O–H groups in total. The Hall–Kier alpha value is -1.34. The fourth-order valence-electron chi connectivity index (χ4n) is 1.60. The summed E-state index contributed by atoms with van der Waals surface area (Å²) >= 11 is 0. The van der Waals surface area contributed by atoms with Crippen LogP contribution in [0.3, 0.4) is 0 Å². The average Bonchev–Trinajstić information content (AvgIpc) is 2.20. The molecule has 1 nitrogen and oxygen atoms in total. The lowest BCUT2D eigenvalue weighted by molar-refractivity contribution is 0.565. The molecule has 13 heavy (non-hydrogen) atoms. The minimum absolute atomic E-state index is 0.296. The second kappa shape index (κ2) is 3.19. The van der Waals surface area contributed by atoms with Gasteiger partial charge in [0, 0.05) is 0 Å². The van der Waals surface area contributed by atoms with Crippen LogP contribution in [-0.2, 0) is 5.54 Å². The van der Waals surface area contributed by atoms with E-state index in [0.29, 0.717) is 0 Å². The molecule has 0 aromatic heterocycles. The Morgan fingerprint density at radius 3 is 2.46 bits per heavy atom. The fourth-order valence-corrected chi connectivity index (χ4v) is 1.60. The Labute approximate surface area is 78.6 Å². The second-order valence-corrected chi connectivity index (χ2v) is 3.40. The van der Waals surface area contributed by atoms with E-state index in [1.165, 1.54) is 5.56 Å². The van der Waals surface area contributed by atoms with Gasteiger partial charge >= 0.3 is 0 Å². The molecule has 0 unspecified atom stereocenters. The van der Waals surface area contributed by atoms with Crippen molar-refractivity contribution in [1.29, 1.82) is 0 Å². The Bertz CT molecular complexity index is 337. The van der Waals surface area contributed by atoms with Gasteiger partial charge in [-0.3, -0.25) is 0 Å². The molecule has 0 aliphatic heterocycles. The quantitative estimate of drug-likeness (QED) is 0.689. The van der Waals surface area contributed by atoms with Crippen LogP contribution in [0.2, 0.25) is 0 Å². The smallest absolute Gasteiger partial charge is 0.0633 e. The van der Waals surface area contributed by atoms with E-state index in [-0.39, 0.29) is 5.54 Å². The first kappa shape index (κ1) is 8.27. The zero-order valence-electron chi connectivity index (χ0n) is 7.48. The molecule has 0 heterocycles. The maximum atomic E-state index is 6.24. The first-order valence-electron chi connectivity index (χ1n) is 4.50. The Kier molecular flexibility index (Phi) is 2.03. The van der Waals surface area contributed by atoms with E-state index < -0.39 is 0 Å². The molecule has 0 bridgehead atoms. The normalized spacial score (nSPS) is 26.2.